The molecule has 15 nitrogen and oxygen atoms in total. The summed E-state index contributed by atoms with van der Waals surface area (Å²) in [4.78, 5) is 59.2. The number of aliphatic hydroxyl groups excluding tert-OH is 2. The summed E-state index contributed by atoms with van der Waals surface area (Å²) >= 11 is 0. The van der Waals surface area contributed by atoms with Gasteiger partial charge in [0.15, 0.2) is 0 Å². The van der Waals surface area contributed by atoms with E-state index in [-0.39, 0.29) is 60.1 Å². The average molecular weight is 829 g/mol. The lowest BCUT2D eigenvalue weighted by atomic mass is 9.44. The number of epoxide rings is 1. The van der Waals surface area contributed by atoms with Crippen LogP contribution < -0.4 is 16.0 Å². The number of anilines is 1. The summed E-state index contributed by atoms with van der Waals surface area (Å²) in [5.41, 5.74) is -0.0807. The minimum atomic E-state index is -0.771. The molecule has 60 heavy (non-hydrogen) atoms. The first kappa shape index (κ1) is 41.4. The summed E-state index contributed by atoms with van der Waals surface area (Å²) in [5, 5.41) is 31.7. The molecule has 1 aromatic rings. The molecule has 3 amide bonds. The first-order valence-electron chi connectivity index (χ1n) is 21.8. The molecule has 7 heterocycles. The number of amides is 3. The van der Waals surface area contributed by atoms with Crippen molar-refractivity contribution in [3.05, 3.63) is 59.4 Å². The number of benzene rings is 1. The number of aliphatic hydroxyl groups is 2. The fourth-order valence-electron chi connectivity index (χ4n) is 12.1. The van der Waals surface area contributed by atoms with Gasteiger partial charge in [0.2, 0.25) is 17.7 Å². The van der Waals surface area contributed by atoms with E-state index in [4.69, 9.17) is 14.2 Å². The number of hydrogen-bond donors (Lipinski definition) is 5. The molecule has 1 aromatic carbocycles. The molecule has 5 unspecified atom stereocenters. The number of nitrogens with one attached hydrogen (secondary N) is 3. The van der Waals surface area contributed by atoms with Crippen LogP contribution in [0, 0.1) is 34.5 Å². The minimum Gasteiger partial charge on any atom is -0.423 e. The quantitative estimate of drug-likeness (QED) is 0.123. The fourth-order valence-corrected chi connectivity index (χ4v) is 12.1. The summed E-state index contributed by atoms with van der Waals surface area (Å²) in [6.07, 6.45) is 8.24. The molecule has 0 aromatic heterocycles. The summed E-state index contributed by atoms with van der Waals surface area (Å²) in [6.45, 7) is 13.5. The van der Waals surface area contributed by atoms with E-state index in [1.807, 2.05) is 37.0 Å². The van der Waals surface area contributed by atoms with Crippen molar-refractivity contribution in [3.63, 3.8) is 0 Å². The van der Waals surface area contributed by atoms with Crippen molar-refractivity contribution in [3.8, 4) is 0 Å². The van der Waals surface area contributed by atoms with Crippen molar-refractivity contribution in [1.82, 2.24) is 25.3 Å². The van der Waals surface area contributed by atoms with Gasteiger partial charge in [-0.15, -0.1) is 0 Å². The largest absolute Gasteiger partial charge is 0.423 e. The third-order valence-corrected chi connectivity index (χ3v) is 15.3. The van der Waals surface area contributed by atoms with E-state index in [0.29, 0.717) is 81.0 Å². The molecule has 8 fully saturated rings. The predicted octanol–water partition coefficient (Wildman–Crippen LogP) is 1.49. The number of rotatable bonds is 11. The number of piperidine rings is 2. The van der Waals surface area contributed by atoms with Gasteiger partial charge in [0.25, 0.3) is 0 Å². The molecule has 6 saturated heterocycles. The lowest BCUT2D eigenvalue weighted by Gasteiger charge is -2.62. The molecule has 7 aliphatic heterocycles. The van der Waals surface area contributed by atoms with E-state index in [0.717, 1.165) is 38.4 Å². The van der Waals surface area contributed by atoms with Crippen LogP contribution in [0.15, 0.2) is 53.8 Å². The Balaban J connectivity index is 0.865. The van der Waals surface area contributed by atoms with Gasteiger partial charge < -0.3 is 45.3 Å². The van der Waals surface area contributed by atoms with Crippen LogP contribution in [0.2, 0.25) is 0 Å². The molecule has 8 atom stereocenters. The number of fused-ring (bicyclic) bond motifs is 1. The number of ether oxygens (including phenoxy) is 3. The normalized spacial score (nSPS) is 40.3. The fraction of sp³-hybridized carbons (Fsp3) is 0.644. The Morgan fingerprint density at radius 3 is 2.35 bits per heavy atom. The van der Waals surface area contributed by atoms with Crippen LogP contribution in [0.5, 0.6) is 0 Å². The highest BCUT2D eigenvalue weighted by molar-refractivity contribution is 6.03. The van der Waals surface area contributed by atoms with Gasteiger partial charge >= 0.3 is 5.97 Å². The standard InChI is InChI=1S/C45H60N6O9/c1-27(41(56)51-12-14-58-15-13-51)46-36-18-35-43(2,11-10-37(53)44(35,3)24-52)34(45(36)25-59-45)9-6-29-17-33(60-42(29)57)16-28-4-7-32(8-5-28)47-38(54)19-39(55)48-40-30-20-49-22-31(40)23-50(21-30)26-49/h4-9,16-17,27,30-31,34-37,40,46,52-53H,10-15,18-26H2,1-3H3,(H,47,54)(H,48,55)/t27?,30?,31?,34?,35?,36?,37-,40?,43-,44+,45?/m1/s1. The van der Waals surface area contributed by atoms with Crippen LogP contribution >= 0.6 is 0 Å². The maximum atomic E-state index is 13.5. The van der Waals surface area contributed by atoms with Gasteiger partial charge in [-0.1, -0.05) is 38.1 Å². The molecule has 5 N–H and O–H groups in total. The number of hydrogen-bond acceptors (Lipinski definition) is 12. The number of esters is 1. The maximum Gasteiger partial charge on any atom is 0.343 e. The molecule has 324 valence electrons. The van der Waals surface area contributed by atoms with Crippen LogP contribution in [0.1, 0.15) is 52.0 Å². The monoisotopic (exact) mass is 828 g/mol. The van der Waals surface area contributed by atoms with Crippen LogP contribution in [-0.2, 0) is 33.4 Å². The Hall–Kier alpha value is -3.96. The Bertz CT molecular complexity index is 1930. The molecule has 10 rings (SSSR count). The van der Waals surface area contributed by atoms with E-state index in [9.17, 15) is 29.4 Å². The van der Waals surface area contributed by atoms with Gasteiger partial charge in [-0.05, 0) is 67.4 Å². The Morgan fingerprint density at radius 2 is 1.70 bits per heavy atom. The molecule has 0 radical (unpaired) electrons. The van der Waals surface area contributed by atoms with Crippen LogP contribution in [0.3, 0.4) is 0 Å². The third-order valence-electron chi connectivity index (χ3n) is 15.3. The smallest absolute Gasteiger partial charge is 0.343 e. The lowest BCUT2D eigenvalue weighted by molar-refractivity contribution is -0.174. The van der Waals surface area contributed by atoms with Crippen molar-refractivity contribution >= 4 is 35.5 Å². The molecule has 9 aliphatic rings. The first-order valence-corrected chi connectivity index (χ1v) is 21.8. The van der Waals surface area contributed by atoms with Gasteiger partial charge in [0.1, 0.15) is 17.8 Å². The highest BCUT2D eigenvalue weighted by Crippen LogP contribution is 2.66. The van der Waals surface area contributed by atoms with Crippen molar-refractivity contribution in [2.24, 2.45) is 34.5 Å². The van der Waals surface area contributed by atoms with Gasteiger partial charge in [-0.2, -0.15) is 0 Å². The zero-order valence-corrected chi connectivity index (χ0v) is 34.9. The van der Waals surface area contributed by atoms with E-state index in [1.54, 1.807) is 30.4 Å². The zero-order valence-electron chi connectivity index (χ0n) is 34.9. The average Bonchev–Trinajstić information content (AvgIpc) is 3.94. The number of allylic oxidation sites excluding steroid dienone is 1. The number of cyclic esters (lactones) is 1. The number of morpholine rings is 1. The summed E-state index contributed by atoms with van der Waals surface area (Å²) < 4.78 is 17.5. The lowest BCUT2D eigenvalue weighted by Crippen LogP contribution is -2.71. The second kappa shape index (κ2) is 16.1. The van der Waals surface area contributed by atoms with Crippen molar-refractivity contribution in [1.29, 1.82) is 0 Å². The zero-order chi connectivity index (χ0) is 42.0. The number of carbonyl (C=O) groups is 4. The molecule has 1 spiro atoms. The molecule has 2 saturated carbocycles. The Kier molecular flexibility index (Phi) is 11.1. The van der Waals surface area contributed by atoms with Gasteiger partial charge in [0, 0.05) is 80.2 Å². The number of nitrogens with zero attached hydrogens (tertiary/aromatic N) is 3. The van der Waals surface area contributed by atoms with Crippen LogP contribution in [-0.4, -0.2) is 151 Å². The summed E-state index contributed by atoms with van der Waals surface area (Å²) in [7, 11) is 0. The minimum absolute atomic E-state index is 0.00455. The molecule has 15 heteroatoms. The maximum absolute atomic E-state index is 13.5. The second-order valence-electron chi connectivity index (χ2n) is 19.2. The van der Waals surface area contributed by atoms with Crippen molar-refractivity contribution < 1.29 is 43.6 Å². The van der Waals surface area contributed by atoms with Gasteiger partial charge in [-0.25, -0.2) is 4.79 Å². The molecule has 4 bridgehead atoms. The summed E-state index contributed by atoms with van der Waals surface area (Å²) in [6, 6.07) is 6.51. The Labute approximate surface area is 351 Å². The molecular formula is C45H60N6O9. The Morgan fingerprint density at radius 1 is 1.02 bits per heavy atom. The van der Waals surface area contributed by atoms with Crippen molar-refractivity contribution in [2.75, 3.05) is 77.7 Å². The SMILES string of the molecule is CC(NC1CC2[C@](C)(CC[C@@H](O)[C@@]2(C)CO)C(C=CC2=CC(=Cc3ccc(NC(=O)CC(=O)NC4C5CN6CC4CN(C5)C6)cc3)OC2=O)C12CO2)C(=O)N1CCOCC1. The van der Waals surface area contributed by atoms with E-state index in [1.165, 1.54) is 0 Å². The van der Waals surface area contributed by atoms with E-state index >= 15 is 0 Å². The third kappa shape index (κ3) is 7.64. The van der Waals surface area contributed by atoms with Crippen molar-refractivity contribution in [2.45, 2.75) is 76.3 Å². The first-order chi connectivity index (χ1) is 28.8. The van der Waals surface area contributed by atoms with E-state index < -0.39 is 29.1 Å². The molecule has 2 aliphatic carbocycles. The second-order valence-corrected chi connectivity index (χ2v) is 19.2. The van der Waals surface area contributed by atoms with E-state index in [2.05, 4.69) is 32.7 Å². The molecular weight excluding hydrogens is 769 g/mol. The summed E-state index contributed by atoms with van der Waals surface area (Å²) in [5.74, 6) is -0.236. The predicted molar refractivity (Wildman–Crippen MR) is 221 cm³/mol. The number of carbonyl (C=O) groups excluding carboxylic acids is 4. The van der Waals surface area contributed by atoms with Gasteiger partial charge in [0.05, 0.1) is 50.8 Å². The highest BCUT2D eigenvalue weighted by atomic mass is 16.6. The van der Waals surface area contributed by atoms with Crippen LogP contribution in [0.25, 0.3) is 6.08 Å². The topological polar surface area (TPSA) is 186 Å². The van der Waals surface area contributed by atoms with Gasteiger partial charge in [-0.3, -0.25) is 24.2 Å². The highest BCUT2D eigenvalue weighted by Gasteiger charge is 2.70. The van der Waals surface area contributed by atoms with Crippen LogP contribution in [0.4, 0.5) is 5.69 Å².